The van der Waals surface area contributed by atoms with Crippen LogP contribution in [0, 0.1) is 0 Å². The van der Waals surface area contributed by atoms with Crippen LogP contribution in [0.15, 0.2) is 36.7 Å². The fraction of sp³-hybridized carbons (Fsp3) is 0.421. The molecule has 0 radical (unpaired) electrons. The molecule has 2 aromatic rings. The third-order valence-corrected chi connectivity index (χ3v) is 4.53. The lowest BCUT2D eigenvalue weighted by atomic mass is 10.1. The van der Waals surface area contributed by atoms with Crippen LogP contribution < -0.4 is 5.73 Å². The Kier molecular flexibility index (Phi) is 5.60. The van der Waals surface area contributed by atoms with E-state index < -0.39 is 0 Å². The Bertz CT molecular complexity index is 694. The molecule has 3 rings (SSSR count). The van der Waals surface area contributed by atoms with E-state index in [0.29, 0.717) is 11.7 Å². The van der Waals surface area contributed by atoms with Crippen molar-refractivity contribution in [3.63, 3.8) is 0 Å². The standard InChI is InChI=1S/C19H24N4O2/c1-23(10-2-4-17-5-3-11-25-17)18(24)15-8-6-14(7-9-15)16-12-21-19(20)22-13-16/h6-9,12-13,17H,2-5,10-11H2,1H3,(H2,20,21,22). The SMILES string of the molecule is CN(CCCC1CCCO1)C(=O)c1ccc(-c2cnc(N)nc2)cc1. The quantitative estimate of drug-likeness (QED) is 0.874. The van der Waals surface area contributed by atoms with E-state index in [1.807, 2.05) is 31.3 Å². The summed E-state index contributed by atoms with van der Waals surface area (Å²) in [5, 5.41) is 0. The Morgan fingerprint density at radius 2 is 1.96 bits per heavy atom. The van der Waals surface area contributed by atoms with Crippen molar-refractivity contribution in [3.05, 3.63) is 42.2 Å². The van der Waals surface area contributed by atoms with Crippen molar-refractivity contribution in [1.29, 1.82) is 0 Å². The molecule has 25 heavy (non-hydrogen) atoms. The Labute approximate surface area is 148 Å². The number of aromatic nitrogens is 2. The number of nitrogen functional groups attached to an aromatic ring is 1. The molecule has 1 atom stereocenters. The number of rotatable bonds is 6. The lowest BCUT2D eigenvalue weighted by Gasteiger charge is -2.18. The number of amides is 1. The largest absolute Gasteiger partial charge is 0.378 e. The molecule has 1 saturated heterocycles. The zero-order valence-corrected chi connectivity index (χ0v) is 14.5. The number of ether oxygens (including phenoxy) is 1. The third kappa shape index (κ3) is 4.54. The highest BCUT2D eigenvalue weighted by atomic mass is 16.5. The number of hydrogen-bond donors (Lipinski definition) is 1. The van der Waals surface area contributed by atoms with Crippen LogP contribution in [-0.2, 0) is 4.74 Å². The highest BCUT2D eigenvalue weighted by Crippen LogP contribution is 2.20. The smallest absolute Gasteiger partial charge is 0.253 e. The summed E-state index contributed by atoms with van der Waals surface area (Å²) >= 11 is 0. The normalized spacial score (nSPS) is 16.8. The number of anilines is 1. The Morgan fingerprint density at radius 1 is 1.24 bits per heavy atom. The van der Waals surface area contributed by atoms with Crippen LogP contribution in [0.3, 0.4) is 0 Å². The summed E-state index contributed by atoms with van der Waals surface area (Å²) < 4.78 is 5.62. The number of nitrogens with zero attached hydrogens (tertiary/aromatic N) is 3. The highest BCUT2D eigenvalue weighted by Gasteiger charge is 2.16. The van der Waals surface area contributed by atoms with Crippen LogP contribution in [0.2, 0.25) is 0 Å². The van der Waals surface area contributed by atoms with Gasteiger partial charge in [0.15, 0.2) is 0 Å². The fourth-order valence-electron chi connectivity index (χ4n) is 3.04. The second-order valence-electron chi connectivity index (χ2n) is 6.41. The second kappa shape index (κ2) is 8.07. The second-order valence-corrected chi connectivity index (χ2v) is 6.41. The van der Waals surface area contributed by atoms with Crippen molar-refractivity contribution in [2.75, 3.05) is 25.9 Å². The number of carbonyl (C=O) groups excluding carboxylic acids is 1. The van der Waals surface area contributed by atoms with Gasteiger partial charge in [-0.15, -0.1) is 0 Å². The maximum Gasteiger partial charge on any atom is 0.253 e. The van der Waals surface area contributed by atoms with Crippen LogP contribution >= 0.6 is 0 Å². The molecule has 1 fully saturated rings. The molecule has 132 valence electrons. The van der Waals surface area contributed by atoms with Crippen LogP contribution in [-0.4, -0.2) is 47.1 Å². The molecule has 0 aliphatic carbocycles. The van der Waals surface area contributed by atoms with E-state index in [1.54, 1.807) is 17.3 Å². The number of nitrogens with two attached hydrogens (primary N) is 1. The van der Waals surface area contributed by atoms with Crippen molar-refractivity contribution in [2.45, 2.75) is 31.8 Å². The number of hydrogen-bond acceptors (Lipinski definition) is 5. The van der Waals surface area contributed by atoms with Gasteiger partial charge in [0.25, 0.3) is 5.91 Å². The van der Waals surface area contributed by atoms with Crippen molar-refractivity contribution >= 4 is 11.9 Å². The molecule has 1 unspecified atom stereocenters. The van der Waals surface area contributed by atoms with Gasteiger partial charge < -0.3 is 15.4 Å². The van der Waals surface area contributed by atoms with Gasteiger partial charge in [0.05, 0.1) is 6.10 Å². The monoisotopic (exact) mass is 340 g/mol. The van der Waals surface area contributed by atoms with E-state index in [1.165, 1.54) is 0 Å². The molecule has 1 amide bonds. The van der Waals surface area contributed by atoms with Gasteiger partial charge in [-0.25, -0.2) is 9.97 Å². The van der Waals surface area contributed by atoms with E-state index in [0.717, 1.165) is 50.0 Å². The maximum atomic E-state index is 12.5. The summed E-state index contributed by atoms with van der Waals surface area (Å²) in [6.45, 7) is 1.62. The van der Waals surface area contributed by atoms with E-state index in [-0.39, 0.29) is 11.9 Å². The fourth-order valence-corrected chi connectivity index (χ4v) is 3.04. The van der Waals surface area contributed by atoms with Gasteiger partial charge in [0, 0.05) is 43.7 Å². The van der Waals surface area contributed by atoms with Gasteiger partial charge in [-0.05, 0) is 43.4 Å². The molecule has 0 spiro atoms. The van der Waals surface area contributed by atoms with Gasteiger partial charge in [-0.1, -0.05) is 12.1 Å². The van der Waals surface area contributed by atoms with Crippen molar-refractivity contribution in [1.82, 2.24) is 14.9 Å². The lowest BCUT2D eigenvalue weighted by Crippen LogP contribution is -2.28. The highest BCUT2D eigenvalue weighted by molar-refractivity contribution is 5.94. The first-order valence-electron chi connectivity index (χ1n) is 8.68. The van der Waals surface area contributed by atoms with Gasteiger partial charge in [-0.2, -0.15) is 0 Å². The summed E-state index contributed by atoms with van der Waals surface area (Å²) in [5.74, 6) is 0.285. The van der Waals surface area contributed by atoms with E-state index in [9.17, 15) is 4.79 Å². The van der Waals surface area contributed by atoms with E-state index in [4.69, 9.17) is 10.5 Å². The first-order chi connectivity index (χ1) is 12.1. The van der Waals surface area contributed by atoms with Crippen LogP contribution in [0.1, 0.15) is 36.0 Å². The van der Waals surface area contributed by atoms with Crippen molar-refractivity contribution in [2.24, 2.45) is 0 Å². The maximum absolute atomic E-state index is 12.5. The van der Waals surface area contributed by atoms with Crippen molar-refractivity contribution in [3.8, 4) is 11.1 Å². The summed E-state index contributed by atoms with van der Waals surface area (Å²) in [6.07, 6.45) is 8.03. The Morgan fingerprint density at radius 3 is 2.60 bits per heavy atom. The summed E-state index contributed by atoms with van der Waals surface area (Å²) in [7, 11) is 1.85. The molecule has 0 saturated carbocycles. The minimum absolute atomic E-state index is 0.0347. The van der Waals surface area contributed by atoms with Crippen LogP contribution in [0.4, 0.5) is 5.95 Å². The summed E-state index contributed by atoms with van der Waals surface area (Å²) in [6, 6.07) is 7.49. The number of carbonyl (C=O) groups is 1. The molecule has 1 aliphatic rings. The summed E-state index contributed by atoms with van der Waals surface area (Å²) in [4.78, 5) is 22.3. The summed E-state index contributed by atoms with van der Waals surface area (Å²) in [5.41, 5.74) is 8.01. The minimum atomic E-state index is 0.0347. The van der Waals surface area contributed by atoms with Crippen molar-refractivity contribution < 1.29 is 9.53 Å². The average Bonchev–Trinajstić information content (AvgIpc) is 3.15. The molecule has 1 aromatic carbocycles. The van der Waals surface area contributed by atoms with Gasteiger partial charge in [0.2, 0.25) is 5.95 Å². The first kappa shape index (κ1) is 17.4. The molecule has 1 aliphatic heterocycles. The van der Waals surface area contributed by atoms with E-state index >= 15 is 0 Å². The third-order valence-electron chi connectivity index (χ3n) is 4.53. The Balaban J connectivity index is 1.55. The molecular weight excluding hydrogens is 316 g/mol. The molecule has 2 heterocycles. The van der Waals surface area contributed by atoms with Crippen LogP contribution in [0.25, 0.3) is 11.1 Å². The van der Waals surface area contributed by atoms with Gasteiger partial charge in [0.1, 0.15) is 0 Å². The van der Waals surface area contributed by atoms with Gasteiger partial charge in [-0.3, -0.25) is 4.79 Å². The average molecular weight is 340 g/mol. The first-order valence-corrected chi connectivity index (χ1v) is 8.68. The number of benzene rings is 1. The molecule has 6 heteroatoms. The lowest BCUT2D eigenvalue weighted by molar-refractivity contribution is 0.0763. The van der Waals surface area contributed by atoms with Gasteiger partial charge >= 0.3 is 0 Å². The van der Waals surface area contributed by atoms with E-state index in [2.05, 4.69) is 9.97 Å². The molecule has 2 N–H and O–H groups in total. The zero-order chi connectivity index (χ0) is 17.6. The molecular formula is C19H24N4O2. The minimum Gasteiger partial charge on any atom is -0.378 e. The molecule has 6 nitrogen and oxygen atoms in total. The predicted molar refractivity (Wildman–Crippen MR) is 97.0 cm³/mol. The molecule has 1 aromatic heterocycles. The zero-order valence-electron chi connectivity index (χ0n) is 14.5. The molecule has 0 bridgehead atoms. The predicted octanol–water partition coefficient (Wildman–Crippen LogP) is 2.76. The Hall–Kier alpha value is -2.47. The topological polar surface area (TPSA) is 81.3 Å². The van der Waals surface area contributed by atoms with Crippen LogP contribution in [0.5, 0.6) is 0 Å².